The van der Waals surface area contributed by atoms with Gasteiger partial charge in [0.2, 0.25) is 0 Å². The molecule has 2 aliphatic rings. The molecule has 3 heterocycles. The van der Waals surface area contributed by atoms with Crippen molar-refractivity contribution in [2.75, 3.05) is 43.9 Å². The van der Waals surface area contributed by atoms with Crippen molar-refractivity contribution in [3.8, 4) is 22.3 Å². The van der Waals surface area contributed by atoms with Gasteiger partial charge in [0.25, 0.3) is 5.91 Å². The lowest BCUT2D eigenvalue weighted by Gasteiger charge is -2.34. The van der Waals surface area contributed by atoms with Crippen LogP contribution in [-0.4, -0.2) is 70.9 Å². The number of nitrogens with zero attached hydrogens (tertiary/aromatic N) is 5. The maximum Gasteiger partial charge on any atom is 0.255 e. The van der Waals surface area contributed by atoms with Crippen molar-refractivity contribution < 1.29 is 9.53 Å². The van der Waals surface area contributed by atoms with Crippen LogP contribution in [-0.2, 0) is 18.4 Å². The second-order valence-electron chi connectivity index (χ2n) is 11.5. The molecule has 1 saturated carbocycles. The zero-order valence-corrected chi connectivity index (χ0v) is 24.4. The van der Waals surface area contributed by atoms with Crippen LogP contribution in [0.25, 0.3) is 22.3 Å². The Balaban J connectivity index is 1.04. The second-order valence-corrected chi connectivity index (χ2v) is 11.5. The number of pyridine rings is 1. The number of hydrogen-bond acceptors (Lipinski definition) is 7. The van der Waals surface area contributed by atoms with Gasteiger partial charge in [-0.15, -0.1) is 0 Å². The zero-order chi connectivity index (χ0) is 29.1. The van der Waals surface area contributed by atoms with Crippen molar-refractivity contribution >= 4 is 17.4 Å². The average molecular weight is 566 g/mol. The molecule has 0 spiro atoms. The van der Waals surface area contributed by atoms with Crippen molar-refractivity contribution in [1.29, 1.82) is 0 Å². The van der Waals surface area contributed by atoms with Gasteiger partial charge in [-0.3, -0.25) is 9.48 Å². The molecule has 2 atom stereocenters. The number of aromatic nitrogens is 3. The minimum absolute atomic E-state index is 0.0496. The van der Waals surface area contributed by atoms with E-state index in [1.54, 1.807) is 23.1 Å². The molecule has 2 aromatic heterocycles. The Morgan fingerprint density at radius 3 is 2.33 bits per heavy atom. The van der Waals surface area contributed by atoms with Gasteiger partial charge in [-0.05, 0) is 61.2 Å². The van der Waals surface area contributed by atoms with Crippen LogP contribution >= 0.6 is 0 Å². The number of nitrogens with one attached hydrogen (secondary N) is 1. The number of nitrogen functional groups attached to an aromatic ring is 1. The van der Waals surface area contributed by atoms with E-state index in [9.17, 15) is 4.79 Å². The van der Waals surface area contributed by atoms with Gasteiger partial charge in [0.15, 0.2) is 0 Å². The maximum atomic E-state index is 13.2. The molecule has 2 aromatic carbocycles. The van der Waals surface area contributed by atoms with Crippen molar-refractivity contribution in [3.63, 3.8) is 0 Å². The van der Waals surface area contributed by atoms with Crippen LogP contribution in [0.1, 0.15) is 35.2 Å². The van der Waals surface area contributed by atoms with Gasteiger partial charge in [-0.1, -0.05) is 36.4 Å². The van der Waals surface area contributed by atoms with E-state index in [0.717, 1.165) is 62.1 Å². The molecular formula is C33H39N7O2. The van der Waals surface area contributed by atoms with Gasteiger partial charge in [0.1, 0.15) is 5.82 Å². The molecule has 2 fully saturated rings. The Hall–Kier alpha value is -4.21. The third-order valence-corrected chi connectivity index (χ3v) is 8.46. The minimum Gasteiger partial charge on any atom is -0.383 e. The van der Waals surface area contributed by atoms with Crippen LogP contribution in [0.2, 0.25) is 0 Å². The summed E-state index contributed by atoms with van der Waals surface area (Å²) in [6.07, 6.45) is 8.02. The molecule has 1 aliphatic heterocycles. The van der Waals surface area contributed by atoms with Gasteiger partial charge in [0.05, 0.1) is 30.5 Å². The number of nitrogens with two attached hydrogens (primary N) is 1. The number of carbonyl (C=O) groups excluding carboxylic acids is 1. The van der Waals surface area contributed by atoms with E-state index < -0.39 is 0 Å². The van der Waals surface area contributed by atoms with E-state index in [1.165, 1.54) is 16.8 Å². The third kappa shape index (κ3) is 6.32. The van der Waals surface area contributed by atoms with Crippen LogP contribution in [0, 0.1) is 0 Å². The van der Waals surface area contributed by atoms with Gasteiger partial charge < -0.3 is 25.6 Å². The van der Waals surface area contributed by atoms with E-state index in [0.29, 0.717) is 12.2 Å². The summed E-state index contributed by atoms with van der Waals surface area (Å²) >= 11 is 0. The van der Waals surface area contributed by atoms with Crippen molar-refractivity contribution in [2.24, 2.45) is 7.05 Å². The molecule has 1 amide bonds. The molecule has 9 heteroatoms. The molecule has 42 heavy (non-hydrogen) atoms. The predicted molar refractivity (Wildman–Crippen MR) is 166 cm³/mol. The van der Waals surface area contributed by atoms with Gasteiger partial charge in [-0.2, -0.15) is 5.10 Å². The Labute approximate surface area is 247 Å². The molecule has 6 rings (SSSR count). The van der Waals surface area contributed by atoms with Gasteiger partial charge in [-0.25, -0.2) is 4.98 Å². The summed E-state index contributed by atoms with van der Waals surface area (Å²) in [5.41, 5.74) is 12.9. The van der Waals surface area contributed by atoms with E-state index >= 15 is 0 Å². The van der Waals surface area contributed by atoms with Crippen LogP contribution in [0.4, 0.5) is 11.5 Å². The molecule has 1 aliphatic carbocycles. The highest BCUT2D eigenvalue weighted by atomic mass is 16.5. The highest BCUT2D eigenvalue weighted by molar-refractivity contribution is 5.99. The largest absolute Gasteiger partial charge is 0.383 e. The summed E-state index contributed by atoms with van der Waals surface area (Å²) in [5, 5.41) is 7.36. The fourth-order valence-electron chi connectivity index (χ4n) is 5.85. The van der Waals surface area contributed by atoms with E-state index in [4.69, 9.17) is 10.5 Å². The monoisotopic (exact) mass is 565 g/mol. The Kier molecular flexibility index (Phi) is 8.21. The number of likely N-dealkylation sites (N-methyl/N-ethyl adjacent to an activating group) is 1. The number of rotatable bonds is 8. The molecule has 4 aromatic rings. The molecule has 218 valence electrons. The first-order valence-electron chi connectivity index (χ1n) is 14.7. The molecule has 3 N–H and O–H groups in total. The highest BCUT2D eigenvalue weighted by Gasteiger charge is 2.30. The van der Waals surface area contributed by atoms with Crippen LogP contribution < -0.4 is 16.0 Å². The average Bonchev–Trinajstić information content (AvgIpc) is 3.65. The number of piperazine rings is 1. The topological polar surface area (TPSA) is 102 Å². The van der Waals surface area contributed by atoms with Crippen molar-refractivity contribution in [1.82, 2.24) is 25.0 Å². The number of aryl methyl sites for hydroxylation is 1. The Bertz CT molecular complexity index is 1510. The first kappa shape index (κ1) is 27.9. The smallest absolute Gasteiger partial charge is 0.255 e. The lowest BCUT2D eigenvalue weighted by atomic mass is 10.0. The van der Waals surface area contributed by atoms with Crippen LogP contribution in [0.5, 0.6) is 0 Å². The lowest BCUT2D eigenvalue weighted by Crippen LogP contribution is -2.44. The number of carbonyl (C=O) groups is 1. The van der Waals surface area contributed by atoms with E-state index in [2.05, 4.69) is 80.8 Å². The third-order valence-electron chi connectivity index (χ3n) is 8.46. The Morgan fingerprint density at radius 2 is 1.64 bits per heavy atom. The van der Waals surface area contributed by atoms with Gasteiger partial charge in [0, 0.05) is 62.4 Å². The summed E-state index contributed by atoms with van der Waals surface area (Å²) in [6.45, 7) is 4.85. The lowest BCUT2D eigenvalue weighted by molar-refractivity contribution is 0.0272. The molecular weight excluding hydrogens is 526 g/mol. The van der Waals surface area contributed by atoms with Gasteiger partial charge >= 0.3 is 0 Å². The van der Waals surface area contributed by atoms with Crippen LogP contribution in [0.3, 0.4) is 0 Å². The maximum absolute atomic E-state index is 13.2. The number of amides is 1. The van der Waals surface area contributed by atoms with Crippen LogP contribution in [0.15, 0.2) is 73.2 Å². The summed E-state index contributed by atoms with van der Waals surface area (Å²) in [5.74, 6) is -0.0149. The number of anilines is 2. The standard InChI is InChI=1S/C33H39N7O2/c1-38-14-16-40(17-15-38)28-12-10-25(11-13-28)24-8-6-23(7-9-24)22-42-31-5-3-4-30(31)37-33(41)29-18-26(19-35-32(29)34)27-20-36-39(2)21-27/h6-13,18-21,30-31H,3-5,14-17,22H2,1-2H3,(H2,34,35)(H,37,41)/t30?,31-/m0/s1. The second kappa shape index (κ2) is 12.3. The van der Waals surface area contributed by atoms with E-state index in [1.807, 2.05) is 13.2 Å². The predicted octanol–water partition coefficient (Wildman–Crippen LogP) is 4.35. The summed E-state index contributed by atoms with van der Waals surface area (Å²) < 4.78 is 8.03. The SMILES string of the molecule is CN1CCN(c2ccc(-c3ccc(CO[C@H]4CCCC4NC(=O)c4cc(-c5cnn(C)c5)cnc4N)cc3)cc2)CC1. The normalized spacial score (nSPS) is 19.2. The fraction of sp³-hybridized carbons (Fsp3) is 0.364. The molecule has 0 bridgehead atoms. The number of hydrogen-bond donors (Lipinski definition) is 2. The highest BCUT2D eigenvalue weighted by Crippen LogP contribution is 2.27. The molecule has 9 nitrogen and oxygen atoms in total. The molecule has 1 unspecified atom stereocenters. The molecule has 1 saturated heterocycles. The number of ether oxygens (including phenoxy) is 1. The zero-order valence-electron chi connectivity index (χ0n) is 24.4. The first-order chi connectivity index (χ1) is 20.4. The van der Waals surface area contributed by atoms with E-state index in [-0.39, 0.29) is 23.9 Å². The number of benzene rings is 2. The molecule has 0 radical (unpaired) electrons. The first-order valence-corrected chi connectivity index (χ1v) is 14.7. The summed E-state index contributed by atoms with van der Waals surface area (Å²) in [6, 6.07) is 19.1. The Morgan fingerprint density at radius 1 is 0.929 bits per heavy atom. The minimum atomic E-state index is -0.228. The van der Waals surface area contributed by atoms with Crippen molar-refractivity contribution in [2.45, 2.75) is 38.0 Å². The summed E-state index contributed by atoms with van der Waals surface area (Å²) in [7, 11) is 4.03. The quantitative estimate of drug-likeness (QED) is 0.328. The fourth-order valence-corrected chi connectivity index (χ4v) is 5.85. The summed E-state index contributed by atoms with van der Waals surface area (Å²) in [4.78, 5) is 22.3. The van der Waals surface area contributed by atoms with Crippen molar-refractivity contribution in [3.05, 3.63) is 84.3 Å².